The van der Waals surface area contributed by atoms with Gasteiger partial charge in [-0.1, -0.05) is 48.6 Å². The lowest BCUT2D eigenvalue weighted by atomic mass is 10.0. The normalized spacial score (nSPS) is 12.8. The van der Waals surface area contributed by atoms with Crippen LogP contribution in [0.25, 0.3) is 11.4 Å². The molecule has 1 heterocycles. The number of tetrazole rings is 1. The lowest BCUT2D eigenvalue weighted by Crippen LogP contribution is -2.31. The van der Waals surface area contributed by atoms with Crippen LogP contribution < -0.4 is 5.32 Å². The van der Waals surface area contributed by atoms with Crippen LogP contribution in [0.1, 0.15) is 19.9 Å². The van der Waals surface area contributed by atoms with Gasteiger partial charge < -0.3 is 5.32 Å². The average Bonchev–Trinajstić information content (AvgIpc) is 3.23. The number of carbonyl (C=O) groups excluding carboxylic acids is 1. The van der Waals surface area contributed by atoms with Crippen molar-refractivity contribution in [3.05, 3.63) is 54.6 Å². The van der Waals surface area contributed by atoms with E-state index in [0.29, 0.717) is 11.5 Å². The first kappa shape index (κ1) is 22.5. The van der Waals surface area contributed by atoms with E-state index < -0.39 is 16.1 Å². The van der Waals surface area contributed by atoms with Crippen molar-refractivity contribution in [1.29, 1.82) is 0 Å². The summed E-state index contributed by atoms with van der Waals surface area (Å²) >= 11 is 0. The Bertz CT molecular complexity index is 1130. The van der Waals surface area contributed by atoms with Gasteiger partial charge in [-0.2, -0.15) is 4.80 Å². The number of nitrogens with zero attached hydrogens (tertiary/aromatic N) is 5. The lowest BCUT2D eigenvalue weighted by molar-refractivity contribution is -0.121. The van der Waals surface area contributed by atoms with Crippen molar-refractivity contribution in [2.24, 2.45) is 5.92 Å². The zero-order chi connectivity index (χ0) is 22.6. The van der Waals surface area contributed by atoms with Crippen molar-refractivity contribution in [2.75, 3.05) is 19.5 Å². The zero-order valence-corrected chi connectivity index (χ0v) is 18.4. The standard InChI is InChI=1S/C20H24N6O4S/c1-14(2)18(26-23-19(22-24-26)15-8-6-5-7-9-15)20(27)21-16-10-12-17(13-11-16)31(28,29)25(3)30-4/h5-14,18H,1-4H3,(H,21,27). The molecule has 1 atom stereocenters. The van der Waals surface area contributed by atoms with Gasteiger partial charge in [0, 0.05) is 18.3 Å². The predicted molar refractivity (Wildman–Crippen MR) is 114 cm³/mol. The van der Waals surface area contributed by atoms with Gasteiger partial charge >= 0.3 is 0 Å². The van der Waals surface area contributed by atoms with Crippen molar-refractivity contribution >= 4 is 21.6 Å². The molecule has 0 aliphatic rings. The number of benzene rings is 2. The number of amides is 1. The Morgan fingerprint density at radius 2 is 1.74 bits per heavy atom. The van der Waals surface area contributed by atoms with Gasteiger partial charge in [-0.25, -0.2) is 8.42 Å². The maximum atomic E-state index is 13.0. The number of nitrogens with one attached hydrogen (secondary N) is 1. The van der Waals surface area contributed by atoms with Crippen LogP contribution in [-0.4, -0.2) is 53.2 Å². The van der Waals surface area contributed by atoms with E-state index in [0.717, 1.165) is 10.0 Å². The Hall–Kier alpha value is -3.15. The Morgan fingerprint density at radius 1 is 1.10 bits per heavy atom. The van der Waals surface area contributed by atoms with Gasteiger partial charge in [0.25, 0.3) is 15.9 Å². The Morgan fingerprint density at radius 3 is 2.32 bits per heavy atom. The van der Waals surface area contributed by atoms with Crippen LogP contribution in [-0.2, 0) is 19.7 Å². The van der Waals surface area contributed by atoms with Crippen LogP contribution in [0, 0.1) is 5.92 Å². The van der Waals surface area contributed by atoms with E-state index in [-0.39, 0.29) is 16.7 Å². The van der Waals surface area contributed by atoms with E-state index in [1.54, 1.807) is 0 Å². The topological polar surface area (TPSA) is 119 Å². The average molecular weight is 445 g/mol. The molecule has 1 amide bonds. The highest BCUT2D eigenvalue weighted by Gasteiger charge is 2.28. The SMILES string of the molecule is CON(C)S(=O)(=O)c1ccc(NC(=O)C(C(C)C)n2nnc(-c3ccccc3)n2)cc1. The zero-order valence-electron chi connectivity index (χ0n) is 17.6. The van der Waals surface area contributed by atoms with Crippen LogP contribution in [0.2, 0.25) is 0 Å². The number of hydroxylamine groups is 1. The van der Waals surface area contributed by atoms with Crippen LogP contribution in [0.5, 0.6) is 0 Å². The summed E-state index contributed by atoms with van der Waals surface area (Å²) in [4.78, 5) is 19.1. The largest absolute Gasteiger partial charge is 0.324 e. The molecule has 11 heteroatoms. The lowest BCUT2D eigenvalue weighted by Gasteiger charge is -2.19. The highest BCUT2D eigenvalue weighted by Crippen LogP contribution is 2.22. The van der Waals surface area contributed by atoms with E-state index in [1.165, 1.54) is 43.2 Å². The van der Waals surface area contributed by atoms with E-state index in [4.69, 9.17) is 4.84 Å². The van der Waals surface area contributed by atoms with Crippen LogP contribution in [0.15, 0.2) is 59.5 Å². The third kappa shape index (κ3) is 4.95. The molecule has 0 fully saturated rings. The molecule has 31 heavy (non-hydrogen) atoms. The summed E-state index contributed by atoms with van der Waals surface area (Å²) in [5, 5.41) is 15.3. The highest BCUT2D eigenvalue weighted by atomic mass is 32.2. The second-order valence-corrected chi connectivity index (χ2v) is 9.04. The van der Waals surface area contributed by atoms with E-state index in [2.05, 4.69) is 20.7 Å². The quantitative estimate of drug-likeness (QED) is 0.530. The van der Waals surface area contributed by atoms with Crippen molar-refractivity contribution < 1.29 is 18.0 Å². The summed E-state index contributed by atoms with van der Waals surface area (Å²) < 4.78 is 25.3. The van der Waals surface area contributed by atoms with Crippen LogP contribution in [0.4, 0.5) is 5.69 Å². The molecule has 0 saturated heterocycles. The molecule has 2 aromatic carbocycles. The Balaban J connectivity index is 1.78. The van der Waals surface area contributed by atoms with E-state index >= 15 is 0 Å². The molecule has 0 bridgehead atoms. The summed E-state index contributed by atoms with van der Waals surface area (Å²) in [6.45, 7) is 3.76. The number of hydrogen-bond acceptors (Lipinski definition) is 7. The van der Waals surface area contributed by atoms with Crippen LogP contribution in [0.3, 0.4) is 0 Å². The molecule has 3 rings (SSSR count). The fraction of sp³-hybridized carbons (Fsp3) is 0.300. The molecule has 0 radical (unpaired) electrons. The fourth-order valence-electron chi connectivity index (χ4n) is 2.89. The molecule has 164 valence electrons. The van der Waals surface area contributed by atoms with E-state index in [1.807, 2.05) is 44.2 Å². The first-order chi connectivity index (χ1) is 14.7. The minimum atomic E-state index is -3.76. The van der Waals surface area contributed by atoms with Gasteiger partial charge in [0.2, 0.25) is 5.82 Å². The van der Waals surface area contributed by atoms with Gasteiger partial charge in [-0.05, 0) is 35.4 Å². The van der Waals surface area contributed by atoms with Crippen molar-refractivity contribution in [1.82, 2.24) is 24.7 Å². The molecule has 10 nitrogen and oxygen atoms in total. The number of sulfonamides is 1. The summed E-state index contributed by atoms with van der Waals surface area (Å²) in [6.07, 6.45) is 0. The molecule has 0 saturated carbocycles. The highest BCUT2D eigenvalue weighted by molar-refractivity contribution is 7.89. The van der Waals surface area contributed by atoms with Gasteiger partial charge in [-0.15, -0.1) is 10.2 Å². The fourth-order valence-corrected chi connectivity index (χ4v) is 3.87. The van der Waals surface area contributed by atoms with Crippen molar-refractivity contribution in [2.45, 2.75) is 24.8 Å². The molecule has 1 aromatic heterocycles. The van der Waals surface area contributed by atoms with Crippen LogP contribution >= 0.6 is 0 Å². The second-order valence-electron chi connectivity index (χ2n) is 7.10. The Labute approximate surface area is 180 Å². The maximum Gasteiger partial charge on any atom is 0.264 e. The third-order valence-corrected chi connectivity index (χ3v) is 6.32. The maximum absolute atomic E-state index is 13.0. The molecular weight excluding hydrogens is 420 g/mol. The number of hydrogen-bond donors (Lipinski definition) is 1. The summed E-state index contributed by atoms with van der Waals surface area (Å²) in [6, 6.07) is 14.5. The monoisotopic (exact) mass is 444 g/mol. The molecule has 0 spiro atoms. The first-order valence-corrected chi connectivity index (χ1v) is 11.0. The minimum Gasteiger partial charge on any atom is -0.324 e. The molecule has 1 unspecified atom stereocenters. The van der Waals surface area contributed by atoms with Gasteiger partial charge in [-0.3, -0.25) is 9.63 Å². The number of carbonyl (C=O) groups is 1. The molecule has 0 aliphatic carbocycles. The second kappa shape index (κ2) is 9.33. The first-order valence-electron chi connectivity index (χ1n) is 9.53. The number of anilines is 1. The minimum absolute atomic E-state index is 0.0423. The molecule has 1 N–H and O–H groups in total. The number of aromatic nitrogens is 4. The smallest absolute Gasteiger partial charge is 0.264 e. The third-order valence-electron chi connectivity index (χ3n) is 4.62. The molecule has 0 aliphatic heterocycles. The summed E-state index contributed by atoms with van der Waals surface area (Å²) in [5.74, 6) is -0.0275. The Kier molecular flexibility index (Phi) is 6.78. The predicted octanol–water partition coefficient (Wildman–Crippen LogP) is 2.36. The van der Waals surface area contributed by atoms with E-state index in [9.17, 15) is 13.2 Å². The summed E-state index contributed by atoms with van der Waals surface area (Å²) in [7, 11) is -1.20. The van der Waals surface area contributed by atoms with Gasteiger partial charge in [0.15, 0.2) is 6.04 Å². The van der Waals surface area contributed by atoms with Gasteiger partial charge in [0.05, 0.1) is 12.0 Å². The molecule has 3 aromatic rings. The van der Waals surface area contributed by atoms with Gasteiger partial charge in [0.1, 0.15) is 0 Å². The van der Waals surface area contributed by atoms with Crippen molar-refractivity contribution in [3.8, 4) is 11.4 Å². The molecular formula is C20H24N6O4S. The summed E-state index contributed by atoms with van der Waals surface area (Å²) in [5.41, 5.74) is 1.24. The number of rotatable bonds is 8. The van der Waals surface area contributed by atoms with Crippen molar-refractivity contribution in [3.63, 3.8) is 0 Å².